The van der Waals surface area contributed by atoms with Gasteiger partial charge in [-0.1, -0.05) is 11.3 Å². The molecule has 2 unspecified atom stereocenters. The van der Waals surface area contributed by atoms with Crippen LogP contribution in [0.1, 0.15) is 36.1 Å². The second kappa shape index (κ2) is 7.48. The van der Waals surface area contributed by atoms with Crippen LogP contribution >= 0.6 is 11.3 Å². The van der Waals surface area contributed by atoms with Gasteiger partial charge in [-0.15, -0.1) is 0 Å². The Balaban J connectivity index is 1.69. The molecule has 2 atom stereocenters. The molecule has 0 radical (unpaired) electrons. The summed E-state index contributed by atoms with van der Waals surface area (Å²) in [5.74, 6) is 0.359. The van der Waals surface area contributed by atoms with E-state index in [-0.39, 0.29) is 17.8 Å². The molecule has 1 aliphatic carbocycles. The molecule has 0 aliphatic heterocycles. The number of aryl methyl sites for hydroxylation is 2. The largest absolute Gasteiger partial charge is 0.398 e. The number of nitrogen functional groups attached to an aromatic ring is 1. The molecule has 1 saturated carbocycles. The smallest absolute Gasteiger partial charge is 0.184 e. The number of aromatic nitrogens is 2. The van der Waals surface area contributed by atoms with Crippen LogP contribution in [0, 0.1) is 43.8 Å². The van der Waals surface area contributed by atoms with Gasteiger partial charge in [-0.05, 0) is 57.2 Å². The van der Waals surface area contributed by atoms with Crippen LogP contribution in [0.2, 0.25) is 0 Å². The van der Waals surface area contributed by atoms with Gasteiger partial charge >= 0.3 is 0 Å². The fourth-order valence-electron chi connectivity index (χ4n) is 3.74. The summed E-state index contributed by atoms with van der Waals surface area (Å²) in [6.07, 6.45) is 2.61. The van der Waals surface area contributed by atoms with E-state index in [0.29, 0.717) is 22.2 Å². The van der Waals surface area contributed by atoms with Gasteiger partial charge in [0.15, 0.2) is 10.9 Å². The Bertz CT molecular complexity index is 1110. The van der Waals surface area contributed by atoms with Gasteiger partial charge in [0.05, 0.1) is 16.5 Å². The van der Waals surface area contributed by atoms with Crippen LogP contribution < -0.4 is 16.4 Å². The Morgan fingerprint density at radius 1 is 1.24 bits per heavy atom. The van der Waals surface area contributed by atoms with Crippen LogP contribution in [0.25, 0.3) is 10.2 Å². The van der Waals surface area contributed by atoms with Crippen molar-refractivity contribution in [2.24, 2.45) is 5.92 Å². The number of benzene rings is 1. The number of pyridine rings is 1. The highest BCUT2D eigenvalue weighted by Crippen LogP contribution is 2.39. The summed E-state index contributed by atoms with van der Waals surface area (Å²) in [6.45, 7) is 5.70. The molecule has 3 aromatic rings. The first-order chi connectivity index (χ1) is 13.9. The predicted octanol–water partition coefficient (Wildman–Crippen LogP) is 5.19. The summed E-state index contributed by atoms with van der Waals surface area (Å²) in [5.41, 5.74) is 10.4. The zero-order chi connectivity index (χ0) is 20.7. The minimum atomic E-state index is -0.346. The van der Waals surface area contributed by atoms with E-state index in [2.05, 4.69) is 26.7 Å². The summed E-state index contributed by atoms with van der Waals surface area (Å²) in [7, 11) is 0. The monoisotopic (exact) mass is 410 g/mol. The minimum absolute atomic E-state index is 0.0828. The fraction of sp³-hybridized carbons (Fsp3) is 0.381. The quantitative estimate of drug-likeness (QED) is 0.548. The van der Waals surface area contributed by atoms with Gasteiger partial charge in [-0.3, -0.25) is 0 Å². The molecule has 2 aromatic heterocycles. The number of halogens is 1. The highest BCUT2D eigenvalue weighted by atomic mass is 32.1. The van der Waals surface area contributed by atoms with Crippen molar-refractivity contribution in [3.63, 3.8) is 0 Å². The zero-order valence-corrected chi connectivity index (χ0v) is 17.5. The van der Waals surface area contributed by atoms with Gasteiger partial charge in [0.25, 0.3) is 0 Å². The molecule has 0 saturated heterocycles. The lowest BCUT2D eigenvalue weighted by molar-refractivity contribution is 0.636. The third-order valence-corrected chi connectivity index (χ3v) is 6.57. The normalized spacial score (nSPS) is 18.7. The molecule has 6 nitrogen and oxygen atoms in total. The number of nitrogens with one attached hydrogen (secondary N) is 2. The van der Waals surface area contributed by atoms with Crippen molar-refractivity contribution in [1.29, 1.82) is 5.26 Å². The maximum atomic E-state index is 14.6. The molecule has 1 aromatic carbocycles. The maximum absolute atomic E-state index is 14.6. The number of nitrogens with zero attached hydrogens (tertiary/aromatic N) is 3. The number of fused-ring (bicyclic) bond motifs is 1. The van der Waals surface area contributed by atoms with E-state index < -0.39 is 0 Å². The lowest BCUT2D eigenvalue weighted by atomic mass is 10.1. The lowest BCUT2D eigenvalue weighted by Crippen LogP contribution is -2.15. The summed E-state index contributed by atoms with van der Waals surface area (Å²) >= 11 is 1.41. The molecular weight excluding hydrogens is 387 g/mol. The van der Waals surface area contributed by atoms with Crippen molar-refractivity contribution in [3.05, 3.63) is 34.8 Å². The number of hydrogen-bond acceptors (Lipinski definition) is 7. The average molecular weight is 411 g/mol. The van der Waals surface area contributed by atoms with Crippen molar-refractivity contribution in [3.8, 4) is 6.07 Å². The van der Waals surface area contributed by atoms with Crippen LogP contribution in [0.4, 0.5) is 26.7 Å². The molecule has 1 fully saturated rings. The fourth-order valence-corrected chi connectivity index (χ4v) is 4.85. The number of thiazole rings is 1. The maximum Gasteiger partial charge on any atom is 0.184 e. The Kier molecular flexibility index (Phi) is 5.01. The highest BCUT2D eigenvalue weighted by molar-refractivity contribution is 7.22. The van der Waals surface area contributed by atoms with E-state index in [0.717, 1.165) is 46.5 Å². The first-order valence-electron chi connectivity index (χ1n) is 9.62. The third kappa shape index (κ3) is 3.70. The van der Waals surface area contributed by atoms with Gasteiger partial charge in [-0.25, -0.2) is 14.4 Å². The summed E-state index contributed by atoms with van der Waals surface area (Å²) in [5, 5.41) is 16.5. The molecule has 29 heavy (non-hydrogen) atoms. The molecule has 4 N–H and O–H groups in total. The van der Waals surface area contributed by atoms with Crippen LogP contribution in [0.3, 0.4) is 0 Å². The Morgan fingerprint density at radius 3 is 2.72 bits per heavy atom. The van der Waals surface area contributed by atoms with Gasteiger partial charge in [0.2, 0.25) is 0 Å². The van der Waals surface area contributed by atoms with E-state index in [4.69, 9.17) is 11.0 Å². The summed E-state index contributed by atoms with van der Waals surface area (Å²) < 4.78 is 15.3. The average Bonchev–Trinajstić information content (AvgIpc) is 3.30. The lowest BCUT2D eigenvalue weighted by Gasteiger charge is -2.13. The second-order valence-electron chi connectivity index (χ2n) is 7.66. The highest BCUT2D eigenvalue weighted by Gasteiger charge is 2.25. The van der Waals surface area contributed by atoms with Gasteiger partial charge in [-0.2, -0.15) is 5.26 Å². The van der Waals surface area contributed by atoms with Gasteiger partial charge in [0.1, 0.15) is 11.3 Å². The Labute approximate surface area is 173 Å². The molecule has 150 valence electrons. The zero-order valence-electron chi connectivity index (χ0n) is 16.6. The van der Waals surface area contributed by atoms with Crippen molar-refractivity contribution < 1.29 is 4.39 Å². The molecule has 2 heterocycles. The van der Waals surface area contributed by atoms with Gasteiger partial charge in [0, 0.05) is 29.4 Å². The molecule has 4 rings (SSSR count). The Morgan fingerprint density at radius 2 is 2.03 bits per heavy atom. The molecular formula is C21H23FN6S. The minimum Gasteiger partial charge on any atom is -0.398 e. The summed E-state index contributed by atoms with van der Waals surface area (Å²) in [4.78, 5) is 9.04. The van der Waals surface area contributed by atoms with Crippen molar-refractivity contribution >= 4 is 43.9 Å². The van der Waals surface area contributed by atoms with E-state index in [1.807, 2.05) is 20.8 Å². The molecule has 0 spiro atoms. The van der Waals surface area contributed by atoms with Crippen molar-refractivity contribution in [2.45, 2.75) is 46.1 Å². The molecule has 0 amide bonds. The van der Waals surface area contributed by atoms with Crippen LogP contribution in [0.5, 0.6) is 0 Å². The van der Waals surface area contributed by atoms with E-state index >= 15 is 0 Å². The first kappa shape index (κ1) is 19.4. The topological polar surface area (TPSA) is 99.7 Å². The first-order valence-corrected chi connectivity index (χ1v) is 10.4. The van der Waals surface area contributed by atoms with Crippen LogP contribution in [-0.2, 0) is 0 Å². The third-order valence-electron chi connectivity index (χ3n) is 5.57. The van der Waals surface area contributed by atoms with Gasteiger partial charge < -0.3 is 16.4 Å². The number of rotatable bonds is 4. The number of nitrogens with two attached hydrogens (primary N) is 1. The summed E-state index contributed by atoms with van der Waals surface area (Å²) in [6, 6.07) is 5.80. The number of nitriles is 1. The van der Waals surface area contributed by atoms with Crippen LogP contribution in [0.15, 0.2) is 12.1 Å². The standard InChI is InChI=1S/C21H23FN6S/c1-10-6-15(22)19-20(18(10)27-17-8-16(24)11(2)12(3)25-17)29-21(28-19)26-14-5-4-13(7-14)9-23/h6,8,13-14H,4-5,7H2,1-3H3,(H,26,28)(H3,24,25,27). The number of hydrogen-bond donors (Lipinski definition) is 3. The SMILES string of the molecule is Cc1cc(F)c2nc(NC3CCC(C#N)C3)sc2c1Nc1cc(N)c(C)c(C)n1. The molecule has 1 aliphatic rings. The Hall–Kier alpha value is -2.92. The van der Waals surface area contributed by atoms with E-state index in [9.17, 15) is 4.39 Å². The van der Waals surface area contributed by atoms with Crippen molar-refractivity contribution in [2.75, 3.05) is 16.4 Å². The molecule has 0 bridgehead atoms. The second-order valence-corrected chi connectivity index (χ2v) is 8.66. The van der Waals surface area contributed by atoms with E-state index in [1.54, 1.807) is 6.07 Å². The number of anilines is 4. The predicted molar refractivity (Wildman–Crippen MR) is 116 cm³/mol. The van der Waals surface area contributed by atoms with Crippen molar-refractivity contribution in [1.82, 2.24) is 9.97 Å². The van der Waals surface area contributed by atoms with E-state index in [1.165, 1.54) is 17.4 Å². The van der Waals surface area contributed by atoms with Crippen LogP contribution in [-0.4, -0.2) is 16.0 Å². The molecule has 8 heteroatoms.